The molecule has 0 aromatic carbocycles. The summed E-state index contributed by atoms with van der Waals surface area (Å²) in [6.45, 7) is -2.36. The third kappa shape index (κ3) is 9.93. The predicted molar refractivity (Wildman–Crippen MR) is 151 cm³/mol. The zero-order valence-electron chi connectivity index (χ0n) is 23.8. The first kappa shape index (κ1) is 39.5. The smallest absolute Gasteiger partial charge is 0.387 e. The molecule has 2 aliphatic heterocycles. The van der Waals surface area contributed by atoms with E-state index in [0.717, 1.165) is 18.5 Å². The van der Waals surface area contributed by atoms with E-state index >= 15 is 0 Å². The van der Waals surface area contributed by atoms with E-state index in [2.05, 4.69) is 31.9 Å². The van der Waals surface area contributed by atoms with Gasteiger partial charge >= 0.3 is 42.7 Å². The van der Waals surface area contributed by atoms with E-state index in [9.17, 15) is 72.6 Å². The lowest BCUT2D eigenvalue weighted by Gasteiger charge is -2.21. The third-order valence-electron chi connectivity index (χ3n) is 6.43. The minimum absolute atomic E-state index is 0.106. The molecular formula is C18H27N5O22P4. The molecule has 0 spiro atoms. The number of anilines is 1. The summed E-state index contributed by atoms with van der Waals surface area (Å²) in [7, 11) is -24.1. The van der Waals surface area contributed by atoms with Gasteiger partial charge < -0.3 is 55.2 Å². The molecule has 12 N–H and O–H groups in total. The van der Waals surface area contributed by atoms with Crippen molar-refractivity contribution in [2.75, 3.05) is 18.9 Å². The number of ether oxygens (including phenoxy) is 2. The van der Waals surface area contributed by atoms with E-state index in [1.54, 1.807) is 0 Å². The second-order valence-electron chi connectivity index (χ2n) is 9.91. The highest BCUT2D eigenvalue weighted by atomic mass is 31.3. The number of hydrogen-bond acceptors (Lipinski definition) is 20. The van der Waals surface area contributed by atoms with Gasteiger partial charge in [0, 0.05) is 24.0 Å². The van der Waals surface area contributed by atoms with Gasteiger partial charge in [-0.1, -0.05) is 0 Å². The molecule has 49 heavy (non-hydrogen) atoms. The summed E-state index contributed by atoms with van der Waals surface area (Å²) in [5, 5.41) is 40.8. The Balaban J connectivity index is 1.30. The molecule has 4 heterocycles. The van der Waals surface area contributed by atoms with Crippen LogP contribution >= 0.6 is 31.3 Å². The lowest BCUT2D eigenvalue weighted by molar-refractivity contribution is -0.0542. The van der Waals surface area contributed by atoms with Gasteiger partial charge in [-0.05, 0) is 0 Å². The predicted octanol–water partition coefficient (Wildman–Crippen LogP) is -3.83. The standard InChI is InChI=1S/C18H27N5O22P4/c19-15-6(3-20-17(29)22-15)14-12(27)10(25)7(41-14)4-39-46(31,32)43-48(35,36)45-49(37,38)44-47(33,34)40-5-8-11(26)13(28)16(42-8)23-2-1-9(24)21-18(23)30/h1-3,7-8,10-14,16,25-28H,4-5H2,(H,31,32)(H,33,34)(H,35,36)(H,37,38)(H,21,24,30)(H3,19,20,22,29)/t7-,8-,10-,11-,12+,13-,14?,16+/m1/s1. The van der Waals surface area contributed by atoms with Gasteiger partial charge in [0.15, 0.2) is 6.23 Å². The van der Waals surface area contributed by atoms with Crippen LogP contribution in [0.4, 0.5) is 5.82 Å². The lowest BCUT2D eigenvalue weighted by atomic mass is 10.0. The van der Waals surface area contributed by atoms with Crippen LogP contribution in [0.3, 0.4) is 0 Å². The number of nitrogens with two attached hydrogens (primary N) is 1. The van der Waals surface area contributed by atoms with E-state index in [1.807, 2.05) is 4.98 Å². The zero-order chi connectivity index (χ0) is 36.7. The number of aromatic amines is 2. The number of nitrogens with one attached hydrogen (secondary N) is 2. The molecule has 27 nitrogen and oxygen atoms in total. The van der Waals surface area contributed by atoms with Crippen LogP contribution in [-0.4, -0.2) is 109 Å². The molecule has 12 atom stereocenters. The summed E-state index contributed by atoms with van der Waals surface area (Å²) >= 11 is 0. The van der Waals surface area contributed by atoms with Crippen molar-refractivity contribution in [3.05, 3.63) is 55.3 Å². The Bertz CT molecular complexity index is 1900. The summed E-state index contributed by atoms with van der Waals surface area (Å²) in [5.41, 5.74) is 2.79. The first-order valence-electron chi connectivity index (χ1n) is 12.9. The molecule has 2 fully saturated rings. The van der Waals surface area contributed by atoms with Crippen molar-refractivity contribution < 1.29 is 89.7 Å². The van der Waals surface area contributed by atoms with Crippen molar-refractivity contribution >= 4 is 37.1 Å². The molecule has 276 valence electrons. The van der Waals surface area contributed by atoms with Crippen LogP contribution in [0.5, 0.6) is 0 Å². The average Bonchev–Trinajstić information content (AvgIpc) is 3.38. The number of hydrogen-bond donors (Lipinski definition) is 11. The van der Waals surface area contributed by atoms with Crippen LogP contribution in [0.2, 0.25) is 0 Å². The molecule has 2 aliphatic rings. The molecule has 4 rings (SSSR count). The Labute approximate surface area is 269 Å². The van der Waals surface area contributed by atoms with E-state index < -0.39 is 110 Å². The lowest BCUT2D eigenvalue weighted by Crippen LogP contribution is -2.37. The molecule has 0 bridgehead atoms. The minimum Gasteiger partial charge on any atom is -0.387 e. The number of nitrogens with zero attached hydrogens (tertiary/aromatic N) is 2. The Hall–Kier alpha value is -2.32. The molecule has 0 aliphatic carbocycles. The van der Waals surface area contributed by atoms with Crippen molar-refractivity contribution in [1.29, 1.82) is 0 Å². The average molecular weight is 789 g/mol. The minimum atomic E-state index is -6.23. The number of rotatable bonds is 14. The molecule has 2 aromatic heterocycles. The fraction of sp³-hybridized carbons (Fsp3) is 0.556. The summed E-state index contributed by atoms with van der Waals surface area (Å²) < 4.78 is 80.2. The van der Waals surface area contributed by atoms with Crippen molar-refractivity contribution in [2.45, 2.75) is 49.0 Å². The van der Waals surface area contributed by atoms with E-state index in [-0.39, 0.29) is 11.4 Å². The molecule has 0 saturated carbocycles. The van der Waals surface area contributed by atoms with Gasteiger partial charge in [-0.2, -0.15) is 12.9 Å². The largest absolute Gasteiger partial charge is 0.490 e. The van der Waals surface area contributed by atoms with Gasteiger partial charge in [0.1, 0.15) is 48.5 Å². The second-order valence-corrected chi connectivity index (χ2v) is 16.1. The maximum absolute atomic E-state index is 12.3. The van der Waals surface area contributed by atoms with Gasteiger partial charge in [-0.3, -0.25) is 28.4 Å². The van der Waals surface area contributed by atoms with Crippen molar-refractivity contribution in [1.82, 2.24) is 19.5 Å². The third-order valence-corrected chi connectivity index (χ3v) is 12.3. The van der Waals surface area contributed by atoms with Gasteiger partial charge in [0.25, 0.3) is 5.56 Å². The van der Waals surface area contributed by atoms with Crippen molar-refractivity contribution in [3.8, 4) is 0 Å². The van der Waals surface area contributed by atoms with Gasteiger partial charge in [-0.25, -0.2) is 32.8 Å². The monoisotopic (exact) mass is 789 g/mol. The summed E-state index contributed by atoms with van der Waals surface area (Å²) in [6, 6.07) is 0.870. The SMILES string of the molecule is Nc1[nH]c(=O)ncc1C1O[C@H](COP(=O)(O)OP(=O)(O)OP(=O)(O)OP(=O)(O)OC[C@H]2O[C@H](n3ccc(=O)[nH]c3=O)[C@H](O)[C@@H]2O)[C@@H](O)[C@@H]1O. The van der Waals surface area contributed by atoms with Crippen molar-refractivity contribution in [3.63, 3.8) is 0 Å². The first-order valence-corrected chi connectivity index (χ1v) is 18.9. The van der Waals surface area contributed by atoms with Gasteiger partial charge in [0.05, 0.1) is 13.2 Å². The van der Waals surface area contributed by atoms with E-state index in [4.69, 9.17) is 15.2 Å². The highest BCUT2D eigenvalue weighted by molar-refractivity contribution is 7.69. The number of phosphoric ester groups is 2. The molecule has 0 amide bonds. The zero-order valence-corrected chi connectivity index (χ0v) is 27.4. The fourth-order valence-electron chi connectivity index (χ4n) is 4.32. The Morgan fingerprint density at radius 1 is 0.776 bits per heavy atom. The van der Waals surface area contributed by atoms with Gasteiger partial charge in [0.2, 0.25) is 0 Å². The summed E-state index contributed by atoms with van der Waals surface area (Å²) in [6.07, 6.45) is -12.1. The normalized spacial score (nSPS) is 32.2. The van der Waals surface area contributed by atoms with Crippen LogP contribution in [0.15, 0.2) is 32.8 Å². The Morgan fingerprint density at radius 2 is 1.29 bits per heavy atom. The number of nitrogen functional groups attached to an aromatic ring is 1. The topological polar surface area (TPSA) is 421 Å². The van der Waals surface area contributed by atoms with Crippen molar-refractivity contribution in [2.24, 2.45) is 0 Å². The highest BCUT2D eigenvalue weighted by Crippen LogP contribution is 2.71. The van der Waals surface area contributed by atoms with Crippen LogP contribution in [0.1, 0.15) is 17.9 Å². The van der Waals surface area contributed by atoms with Crippen LogP contribution in [-0.2, 0) is 49.7 Å². The molecular weight excluding hydrogens is 762 g/mol. The molecule has 2 aromatic rings. The summed E-state index contributed by atoms with van der Waals surface area (Å²) in [4.78, 5) is 80.9. The highest BCUT2D eigenvalue weighted by Gasteiger charge is 2.50. The molecule has 31 heteroatoms. The molecule has 5 unspecified atom stereocenters. The van der Waals surface area contributed by atoms with Gasteiger partial charge in [-0.15, -0.1) is 0 Å². The number of phosphoric acid groups is 4. The second kappa shape index (κ2) is 14.7. The quantitative estimate of drug-likeness (QED) is 0.0816. The maximum atomic E-state index is 12.3. The summed E-state index contributed by atoms with van der Waals surface area (Å²) in [5.74, 6) is -0.307. The fourth-order valence-corrected chi connectivity index (χ4v) is 9.27. The van der Waals surface area contributed by atoms with E-state index in [0.29, 0.717) is 4.57 Å². The Morgan fingerprint density at radius 3 is 1.82 bits per heavy atom. The van der Waals surface area contributed by atoms with Crippen LogP contribution in [0, 0.1) is 0 Å². The maximum Gasteiger partial charge on any atom is 0.490 e. The Kier molecular flexibility index (Phi) is 11.9. The number of aliphatic hydroxyl groups is 4. The van der Waals surface area contributed by atoms with Crippen LogP contribution < -0.4 is 22.7 Å². The van der Waals surface area contributed by atoms with E-state index in [1.165, 1.54) is 0 Å². The first-order chi connectivity index (χ1) is 22.5. The molecule has 0 radical (unpaired) electrons. The van der Waals surface area contributed by atoms with Crippen LogP contribution in [0.25, 0.3) is 0 Å². The number of H-pyrrole nitrogens is 2. The number of aromatic nitrogens is 4. The molecule has 2 saturated heterocycles. The number of aliphatic hydroxyl groups excluding tert-OH is 4.